The van der Waals surface area contributed by atoms with Crippen LogP contribution in [-0.4, -0.2) is 55.5 Å². The highest BCUT2D eigenvalue weighted by Crippen LogP contribution is 2.21. The summed E-state index contributed by atoms with van der Waals surface area (Å²) in [6.07, 6.45) is 4.32. The van der Waals surface area contributed by atoms with Crippen molar-refractivity contribution in [3.8, 4) is 0 Å². The molecule has 0 bridgehead atoms. The maximum Gasteiger partial charge on any atom is 0.238 e. The fraction of sp³-hybridized carbons (Fsp3) is 0.900. The van der Waals surface area contributed by atoms with E-state index in [0.29, 0.717) is 13.0 Å². The number of nitrogens with zero attached hydrogens (tertiary/aromatic N) is 1. The van der Waals surface area contributed by atoms with Crippen LogP contribution in [0.4, 0.5) is 0 Å². The number of likely N-dealkylation sites (tertiary alicyclic amines) is 1. The highest BCUT2D eigenvalue weighted by atomic mass is 32.2. The number of carbonyl (C=O) groups is 1. The highest BCUT2D eigenvalue weighted by Gasteiger charge is 2.29. The Labute approximate surface area is 96.4 Å². The van der Waals surface area contributed by atoms with Crippen molar-refractivity contribution in [1.29, 1.82) is 0 Å². The zero-order valence-corrected chi connectivity index (χ0v) is 10.4. The van der Waals surface area contributed by atoms with Gasteiger partial charge in [-0.1, -0.05) is 0 Å². The fourth-order valence-corrected chi connectivity index (χ4v) is 2.71. The lowest BCUT2D eigenvalue weighted by Crippen LogP contribution is -2.39. The number of rotatable bonds is 5. The van der Waals surface area contributed by atoms with Gasteiger partial charge in [0, 0.05) is 25.4 Å². The van der Waals surface area contributed by atoms with Crippen molar-refractivity contribution < 1.29 is 18.3 Å². The van der Waals surface area contributed by atoms with Crippen LogP contribution in [0.1, 0.15) is 25.7 Å². The van der Waals surface area contributed by atoms with Gasteiger partial charge in [-0.05, 0) is 25.7 Å². The fourth-order valence-electron chi connectivity index (χ4n) is 2.10. The van der Waals surface area contributed by atoms with E-state index in [1.54, 1.807) is 4.90 Å². The molecule has 1 amide bonds. The van der Waals surface area contributed by atoms with Crippen molar-refractivity contribution in [3.05, 3.63) is 0 Å². The van der Waals surface area contributed by atoms with Crippen LogP contribution in [0.5, 0.6) is 0 Å². The number of carbonyl (C=O) groups excluding carboxylic acids is 1. The molecular formula is C10H19NO4S. The minimum absolute atomic E-state index is 0.112. The monoisotopic (exact) mass is 249 g/mol. The van der Waals surface area contributed by atoms with E-state index in [0.717, 1.165) is 25.5 Å². The third kappa shape index (κ3) is 4.09. The van der Waals surface area contributed by atoms with Gasteiger partial charge in [0.05, 0.1) is 0 Å². The number of aliphatic hydroxyl groups is 1. The van der Waals surface area contributed by atoms with Crippen LogP contribution < -0.4 is 0 Å². The van der Waals surface area contributed by atoms with E-state index in [1.807, 2.05) is 0 Å². The Morgan fingerprint density at radius 2 is 2.19 bits per heavy atom. The molecule has 0 aliphatic carbocycles. The molecular weight excluding hydrogens is 230 g/mol. The van der Waals surface area contributed by atoms with Gasteiger partial charge in [0.1, 0.15) is 5.75 Å². The lowest BCUT2D eigenvalue weighted by atomic mass is 10.1. The quantitative estimate of drug-likeness (QED) is 0.732. The first-order chi connectivity index (χ1) is 7.44. The molecule has 0 saturated carbocycles. The Bertz CT molecular complexity index is 339. The van der Waals surface area contributed by atoms with Crippen molar-refractivity contribution >= 4 is 15.7 Å². The normalized spacial score (nSPS) is 21.4. The van der Waals surface area contributed by atoms with Crippen LogP contribution in [0.15, 0.2) is 0 Å². The van der Waals surface area contributed by atoms with Crippen LogP contribution >= 0.6 is 0 Å². The molecule has 1 rings (SSSR count). The molecule has 1 aliphatic heterocycles. The smallest absolute Gasteiger partial charge is 0.238 e. The van der Waals surface area contributed by atoms with Gasteiger partial charge >= 0.3 is 0 Å². The zero-order valence-electron chi connectivity index (χ0n) is 9.55. The minimum atomic E-state index is -3.25. The van der Waals surface area contributed by atoms with Crippen molar-refractivity contribution in [2.24, 2.45) is 0 Å². The maximum atomic E-state index is 11.7. The standard InChI is InChI=1S/C10H19NO4S/c1-16(14,15)8-10(13)11-6-2-4-9(11)5-3-7-12/h9,12H,2-8H2,1H3. The molecule has 0 aromatic heterocycles. The van der Waals surface area contributed by atoms with Gasteiger partial charge in [-0.25, -0.2) is 8.42 Å². The lowest BCUT2D eigenvalue weighted by Gasteiger charge is -2.24. The van der Waals surface area contributed by atoms with Gasteiger partial charge in [-0.2, -0.15) is 0 Å². The highest BCUT2D eigenvalue weighted by molar-refractivity contribution is 7.91. The molecule has 1 heterocycles. The van der Waals surface area contributed by atoms with Crippen molar-refractivity contribution in [3.63, 3.8) is 0 Å². The average molecular weight is 249 g/mol. The molecule has 1 saturated heterocycles. The topological polar surface area (TPSA) is 74.7 Å². The first kappa shape index (κ1) is 13.4. The summed E-state index contributed by atoms with van der Waals surface area (Å²) in [4.78, 5) is 13.4. The molecule has 1 aliphatic rings. The second-order valence-corrected chi connectivity index (χ2v) is 6.46. The van der Waals surface area contributed by atoms with Crippen molar-refractivity contribution in [2.75, 3.05) is 25.2 Å². The molecule has 16 heavy (non-hydrogen) atoms. The summed E-state index contributed by atoms with van der Waals surface area (Å²) in [5, 5.41) is 8.74. The molecule has 5 nitrogen and oxygen atoms in total. The van der Waals surface area contributed by atoms with Crippen molar-refractivity contribution in [1.82, 2.24) is 4.90 Å². The molecule has 0 aromatic carbocycles. The largest absolute Gasteiger partial charge is 0.396 e. The van der Waals surface area contributed by atoms with E-state index in [2.05, 4.69) is 0 Å². The molecule has 6 heteroatoms. The van der Waals surface area contributed by atoms with Crippen LogP contribution in [0.25, 0.3) is 0 Å². The summed E-state index contributed by atoms with van der Waals surface area (Å²) in [6.45, 7) is 0.759. The van der Waals surface area contributed by atoms with Crippen LogP contribution in [0.2, 0.25) is 0 Å². The van der Waals surface area contributed by atoms with Gasteiger partial charge in [0.25, 0.3) is 0 Å². The first-order valence-electron chi connectivity index (χ1n) is 5.52. The first-order valence-corrected chi connectivity index (χ1v) is 7.58. The van der Waals surface area contributed by atoms with Crippen LogP contribution in [-0.2, 0) is 14.6 Å². The molecule has 1 unspecified atom stereocenters. The van der Waals surface area contributed by atoms with E-state index < -0.39 is 15.6 Å². The zero-order chi connectivity index (χ0) is 12.2. The molecule has 0 radical (unpaired) electrons. The van der Waals surface area contributed by atoms with Gasteiger partial charge in [-0.3, -0.25) is 4.79 Å². The van der Waals surface area contributed by atoms with E-state index in [1.165, 1.54) is 0 Å². The summed E-state index contributed by atoms with van der Waals surface area (Å²) in [5.74, 6) is -0.703. The Morgan fingerprint density at radius 3 is 2.75 bits per heavy atom. The predicted octanol–water partition coefficient (Wildman–Crippen LogP) is -0.206. The molecule has 1 atom stereocenters. The number of sulfone groups is 1. The number of hydrogen-bond donors (Lipinski definition) is 1. The van der Waals surface area contributed by atoms with E-state index in [9.17, 15) is 13.2 Å². The number of aliphatic hydroxyl groups excluding tert-OH is 1. The Kier molecular flexibility index (Phi) is 4.73. The summed E-state index contributed by atoms with van der Waals surface area (Å²) >= 11 is 0. The number of hydrogen-bond acceptors (Lipinski definition) is 4. The lowest BCUT2D eigenvalue weighted by molar-refractivity contribution is -0.129. The van der Waals surface area contributed by atoms with Gasteiger partial charge in [-0.15, -0.1) is 0 Å². The maximum absolute atomic E-state index is 11.7. The third-order valence-corrected chi connectivity index (χ3v) is 3.55. The summed E-state index contributed by atoms with van der Waals surface area (Å²) in [5.41, 5.74) is 0. The molecule has 1 fully saturated rings. The molecule has 94 valence electrons. The predicted molar refractivity (Wildman–Crippen MR) is 60.8 cm³/mol. The van der Waals surface area contributed by atoms with Crippen molar-refractivity contribution in [2.45, 2.75) is 31.7 Å². The summed E-state index contributed by atoms with van der Waals surface area (Å²) in [6, 6.07) is 0.112. The summed E-state index contributed by atoms with van der Waals surface area (Å²) < 4.78 is 22.1. The summed E-state index contributed by atoms with van der Waals surface area (Å²) in [7, 11) is -3.25. The molecule has 1 N–H and O–H groups in total. The average Bonchev–Trinajstić information content (AvgIpc) is 2.59. The minimum Gasteiger partial charge on any atom is -0.396 e. The van der Waals surface area contributed by atoms with E-state index >= 15 is 0 Å². The third-order valence-electron chi connectivity index (χ3n) is 2.78. The Balaban J connectivity index is 2.54. The van der Waals surface area contributed by atoms with Gasteiger partial charge in [0.2, 0.25) is 5.91 Å². The van der Waals surface area contributed by atoms with Crippen LogP contribution in [0, 0.1) is 0 Å². The SMILES string of the molecule is CS(=O)(=O)CC(=O)N1CCCC1CCCO. The Morgan fingerprint density at radius 1 is 1.50 bits per heavy atom. The second-order valence-electron chi connectivity index (χ2n) is 4.32. The van der Waals surface area contributed by atoms with Gasteiger partial charge in [0.15, 0.2) is 9.84 Å². The molecule has 0 spiro atoms. The Hall–Kier alpha value is -0.620. The van der Waals surface area contributed by atoms with E-state index in [4.69, 9.17) is 5.11 Å². The number of amides is 1. The van der Waals surface area contributed by atoms with Crippen LogP contribution in [0.3, 0.4) is 0 Å². The second kappa shape index (κ2) is 5.63. The van der Waals surface area contributed by atoms with Gasteiger partial charge < -0.3 is 10.0 Å². The molecule has 0 aromatic rings. The van der Waals surface area contributed by atoms with E-state index in [-0.39, 0.29) is 18.6 Å².